The number of rotatable bonds is 23. The van der Waals surface area contributed by atoms with E-state index >= 15 is 0 Å². The third kappa shape index (κ3) is 15.5. The van der Waals surface area contributed by atoms with E-state index in [9.17, 15) is 47.4 Å². The molecule has 428 valence electrons. The SMILES string of the molecule is Cc1ccc2c(c1C#Cc1cn([C@H]3C[C@@H](CNS(N)(=O)=O)[C@@H](O)[C@H]3O)c3c1c(N)nc[n+]3Cc1ccc(NC(=O)[C@@H](CCCNC(N)=O)CC(=O)[C@H](NC(=O)CCCCCN3C(=O)CC(C)C3=O)C(C)C)cc1)OCCN2C.[I-]. The number of aromatic nitrogens is 3. The van der Waals surface area contributed by atoms with E-state index in [1.165, 1.54) is 4.90 Å². The van der Waals surface area contributed by atoms with Gasteiger partial charge in [-0.25, -0.2) is 19.2 Å². The number of urea groups is 1. The van der Waals surface area contributed by atoms with E-state index in [-0.39, 0.29) is 117 Å². The summed E-state index contributed by atoms with van der Waals surface area (Å²) in [7, 11) is -2.11. The molecule has 79 heavy (non-hydrogen) atoms. The van der Waals surface area contributed by atoms with Gasteiger partial charge in [0.05, 0.1) is 48.2 Å². The molecular weight excluding hydrogens is 1150 g/mol. The van der Waals surface area contributed by atoms with Crippen LogP contribution in [0.2, 0.25) is 0 Å². The topological polar surface area (TPSA) is 341 Å². The fourth-order valence-electron chi connectivity index (χ4n) is 10.5. The van der Waals surface area contributed by atoms with Crippen molar-refractivity contribution in [1.82, 2.24) is 29.8 Å². The zero-order valence-electron chi connectivity index (χ0n) is 45.2. The number of primary amides is 1. The zero-order valence-corrected chi connectivity index (χ0v) is 48.1. The second-order valence-electron chi connectivity index (χ2n) is 21.0. The van der Waals surface area contributed by atoms with Crippen molar-refractivity contribution in [2.45, 2.75) is 116 Å². The number of aliphatic hydroxyl groups excluding tert-OH is 2. The molecule has 25 heteroatoms. The van der Waals surface area contributed by atoms with Crippen molar-refractivity contribution in [2.75, 3.05) is 55.8 Å². The van der Waals surface area contributed by atoms with Gasteiger partial charge in [-0.1, -0.05) is 62.2 Å². The van der Waals surface area contributed by atoms with E-state index in [0.29, 0.717) is 79.0 Å². The predicted octanol–water partition coefficient (Wildman–Crippen LogP) is -1.37. The highest BCUT2D eigenvalue weighted by molar-refractivity contribution is 7.87. The van der Waals surface area contributed by atoms with Crippen LogP contribution in [0.1, 0.15) is 107 Å². The first-order valence-corrected chi connectivity index (χ1v) is 28.0. The smallest absolute Gasteiger partial charge is 0.312 e. The molecule has 2 aliphatic heterocycles. The Labute approximate surface area is 477 Å². The molecule has 2 aromatic carbocycles. The van der Waals surface area contributed by atoms with Crippen LogP contribution in [0.25, 0.3) is 11.0 Å². The number of aryl methyl sites for hydroxylation is 1. The number of benzene rings is 2. The average molecular weight is 1230 g/mol. The summed E-state index contributed by atoms with van der Waals surface area (Å²) in [6.07, 6.45) is 3.15. The van der Waals surface area contributed by atoms with Crippen molar-refractivity contribution >= 4 is 73.9 Å². The van der Waals surface area contributed by atoms with Gasteiger partial charge < -0.3 is 71.2 Å². The minimum atomic E-state index is -4.09. The fraction of sp³-hybridized carbons (Fsp3) is 0.519. The second-order valence-corrected chi connectivity index (χ2v) is 22.4. The normalized spacial score (nSPS) is 19.7. The highest BCUT2D eigenvalue weighted by atomic mass is 127. The van der Waals surface area contributed by atoms with Crippen LogP contribution in [-0.4, -0.2) is 127 Å². The van der Waals surface area contributed by atoms with Gasteiger partial charge in [-0.3, -0.25) is 33.4 Å². The lowest BCUT2D eigenvalue weighted by atomic mass is 9.89. The highest BCUT2D eigenvalue weighted by Crippen LogP contribution is 2.39. The molecule has 1 unspecified atom stereocenters. The molecule has 12 N–H and O–H groups in total. The lowest BCUT2D eigenvalue weighted by molar-refractivity contribution is -0.668. The Morgan fingerprint density at radius 3 is 2.42 bits per heavy atom. The van der Waals surface area contributed by atoms with Crippen molar-refractivity contribution in [1.29, 1.82) is 0 Å². The van der Waals surface area contributed by atoms with Gasteiger partial charge in [-0.05, 0) is 74.3 Å². The second kappa shape index (κ2) is 27.1. The van der Waals surface area contributed by atoms with Gasteiger partial charge in [-0.2, -0.15) is 8.42 Å². The number of hydrogen-bond acceptors (Lipinski definition) is 14. The molecule has 6 amide bonds. The molecule has 1 saturated heterocycles. The van der Waals surface area contributed by atoms with Gasteiger partial charge in [0.1, 0.15) is 24.1 Å². The molecule has 0 spiro atoms. The number of imide groups is 1. The largest absolute Gasteiger partial charge is 1.00 e. The number of nitrogens with one attached hydrogen (secondary N) is 4. The summed E-state index contributed by atoms with van der Waals surface area (Å²) < 4.78 is 35.6. The molecule has 2 aromatic heterocycles. The number of ether oxygens (including phenoxy) is 1. The quantitative estimate of drug-likeness (QED) is 0.0136. The van der Waals surface area contributed by atoms with Crippen LogP contribution in [0.5, 0.6) is 5.75 Å². The molecule has 7 rings (SSSR count). The maximum absolute atomic E-state index is 14.0. The van der Waals surface area contributed by atoms with Crippen molar-refractivity contribution in [3.05, 3.63) is 71.2 Å². The number of hydrogen-bond donors (Lipinski definition) is 9. The lowest BCUT2D eigenvalue weighted by Crippen LogP contribution is -3.00. The number of halogens is 1. The van der Waals surface area contributed by atoms with Gasteiger partial charge >= 0.3 is 6.03 Å². The van der Waals surface area contributed by atoms with E-state index in [1.54, 1.807) is 62.1 Å². The van der Waals surface area contributed by atoms with E-state index in [2.05, 4.69) is 42.4 Å². The third-order valence-electron chi connectivity index (χ3n) is 14.8. The number of fused-ring (bicyclic) bond motifs is 2. The van der Waals surface area contributed by atoms with Crippen molar-refractivity contribution in [3.63, 3.8) is 0 Å². The Morgan fingerprint density at radius 2 is 1.75 bits per heavy atom. The maximum Gasteiger partial charge on any atom is 0.312 e. The fourth-order valence-corrected chi connectivity index (χ4v) is 10.9. The van der Waals surface area contributed by atoms with Crippen LogP contribution < -0.4 is 75.5 Å². The molecule has 1 aliphatic carbocycles. The number of carbonyl (C=O) groups is 6. The first-order valence-electron chi connectivity index (χ1n) is 26.4. The average Bonchev–Trinajstić information content (AvgIpc) is 4.24. The molecule has 3 aliphatic rings. The Balaban J connectivity index is 0.0000101. The first kappa shape index (κ1) is 61.8. The van der Waals surface area contributed by atoms with Gasteiger partial charge in [0.15, 0.2) is 11.5 Å². The monoisotopic (exact) mass is 1220 g/mol. The Morgan fingerprint density at radius 1 is 1.01 bits per heavy atom. The van der Waals surface area contributed by atoms with Gasteiger partial charge in [0.2, 0.25) is 41.4 Å². The molecule has 2 fully saturated rings. The number of nitrogens with two attached hydrogens (primary N) is 3. The summed E-state index contributed by atoms with van der Waals surface area (Å²) in [6, 6.07) is 8.61. The number of anilines is 3. The van der Waals surface area contributed by atoms with E-state index in [4.69, 9.17) is 21.3 Å². The number of unbranched alkanes of at least 4 members (excludes halogenated alkanes) is 2. The summed E-state index contributed by atoms with van der Waals surface area (Å²) in [4.78, 5) is 84.8. The van der Waals surface area contributed by atoms with E-state index < -0.39 is 58.3 Å². The Hall–Kier alpha value is -6.44. The number of likely N-dealkylation sites (N-methyl/N-ethyl adjacent to an activating group) is 1. The Bertz CT molecular complexity index is 3090. The number of Topliss-reactive ketones (excluding diaryl/α,β-unsaturated/α-hetero) is 1. The number of likely N-dealkylation sites (tertiary alicyclic amines) is 1. The highest BCUT2D eigenvalue weighted by Gasteiger charge is 2.46. The molecular formula is C54H73IN12O11S. The van der Waals surface area contributed by atoms with E-state index in [0.717, 1.165) is 16.8 Å². The summed E-state index contributed by atoms with van der Waals surface area (Å²) in [6.45, 7) is 8.94. The third-order valence-corrected chi connectivity index (χ3v) is 15.4. The number of carbonyl (C=O) groups excluding carboxylic acids is 6. The molecule has 0 bridgehead atoms. The van der Waals surface area contributed by atoms with Gasteiger partial charge in [-0.15, -0.1) is 0 Å². The standard InChI is InChI=1S/C54H72N12O11S.HI/c1-31(2)46(62-43(68)11-7-6-8-21-65-44(69)24-33(4)53(65)73)42(67)26-35(10-9-20-58-54(56)74)51(72)61-38-16-13-34(14-17-38)28-64-30-59-50(55)45-36(15-18-39-32(3)12-19-40-49(39)77-23-22-63(40)5)29-66(52(45)64)41-25-37(47(70)48(41)71)27-60-78(57,75)76;/h12-14,16-17,19,29-31,33,35,37,41,46-48,55,60,70-71H,6-11,20-28H2,1-5H3,(H7,56,57,58,61,62,68,72,74,75,76);1H/t33?,35-,37-,41-,46+,47+,48-;/m0./s1. The number of nitrogen functional groups attached to an aromatic ring is 1. The van der Waals surface area contributed by atoms with Crippen LogP contribution in [0.3, 0.4) is 0 Å². The number of amides is 6. The van der Waals surface area contributed by atoms with Crippen molar-refractivity contribution in [3.8, 4) is 17.6 Å². The summed E-state index contributed by atoms with van der Waals surface area (Å²) in [5.74, 6) is 3.80. The lowest BCUT2D eigenvalue weighted by Gasteiger charge is -2.28. The summed E-state index contributed by atoms with van der Waals surface area (Å²) >= 11 is 0. The number of nitrogens with zero attached hydrogens (tertiary/aromatic N) is 5. The summed E-state index contributed by atoms with van der Waals surface area (Å²) in [5, 5.41) is 36.8. The van der Waals surface area contributed by atoms with Crippen LogP contribution in [0.15, 0.2) is 48.9 Å². The molecule has 1 saturated carbocycles. The van der Waals surface area contributed by atoms with Crippen LogP contribution >= 0.6 is 0 Å². The zero-order chi connectivity index (χ0) is 56.6. The maximum atomic E-state index is 14.0. The number of aliphatic hydroxyl groups is 2. The van der Waals surface area contributed by atoms with Crippen molar-refractivity contribution in [2.24, 2.45) is 34.5 Å². The van der Waals surface area contributed by atoms with Crippen molar-refractivity contribution < 1.29 is 80.7 Å². The summed E-state index contributed by atoms with van der Waals surface area (Å²) in [5.41, 5.74) is 16.6. The van der Waals surface area contributed by atoms with Gasteiger partial charge in [0.25, 0.3) is 10.2 Å². The molecule has 23 nitrogen and oxygen atoms in total. The van der Waals surface area contributed by atoms with E-state index in [1.807, 2.05) is 30.7 Å². The first-order chi connectivity index (χ1) is 37.0. The van der Waals surface area contributed by atoms with Crippen LogP contribution in [-0.2, 0) is 40.7 Å². The molecule has 7 atom stereocenters. The van der Waals surface area contributed by atoms with Crippen LogP contribution in [0, 0.1) is 42.4 Å². The molecule has 0 radical (unpaired) electrons. The van der Waals surface area contributed by atoms with Gasteiger partial charge in [0, 0.05) is 69.4 Å². The minimum absolute atomic E-state index is 0. The van der Waals surface area contributed by atoms with Crippen LogP contribution in [0.4, 0.5) is 22.0 Å². The number of ketones is 1. The molecule has 4 aromatic rings. The predicted molar refractivity (Wildman–Crippen MR) is 290 cm³/mol. The minimum Gasteiger partial charge on any atom is -1.00 e. The Kier molecular flexibility index (Phi) is 21.2. The molecule has 4 heterocycles.